The molecule has 4 rings (SSSR count). The van der Waals surface area contributed by atoms with Crippen molar-refractivity contribution in [3.8, 4) is 5.75 Å². The molecule has 1 fully saturated rings. The molecule has 36 heavy (non-hydrogen) atoms. The van der Waals surface area contributed by atoms with Crippen molar-refractivity contribution in [1.82, 2.24) is 4.90 Å². The van der Waals surface area contributed by atoms with Crippen molar-refractivity contribution in [2.75, 3.05) is 20.3 Å². The van der Waals surface area contributed by atoms with Gasteiger partial charge in [-0.3, -0.25) is 9.59 Å². The number of Topliss-reactive ketones (excluding diaryl/α,β-unsaturated/α-hetero) is 1. The molecule has 3 aromatic carbocycles. The van der Waals surface area contributed by atoms with Crippen molar-refractivity contribution in [3.05, 3.63) is 106 Å². The van der Waals surface area contributed by atoms with Crippen LogP contribution in [-0.2, 0) is 20.9 Å². The average Bonchev–Trinajstić information content (AvgIpc) is 3.13. The first-order chi connectivity index (χ1) is 17.3. The third-order valence-corrected chi connectivity index (χ3v) is 6.23. The van der Waals surface area contributed by atoms with Gasteiger partial charge in [-0.15, -0.1) is 0 Å². The number of aryl methyl sites for hydroxylation is 2. The van der Waals surface area contributed by atoms with Crippen LogP contribution in [0.5, 0.6) is 5.75 Å². The smallest absolute Gasteiger partial charge is 0.295 e. The molecule has 1 amide bonds. The van der Waals surface area contributed by atoms with Gasteiger partial charge in [0.1, 0.15) is 23.9 Å². The number of ketones is 1. The summed E-state index contributed by atoms with van der Waals surface area (Å²) in [4.78, 5) is 27.3. The Labute approximate surface area is 209 Å². The number of carbonyl (C=O) groups excluding carboxylic acids is 2. The van der Waals surface area contributed by atoms with Crippen LogP contribution in [0, 0.1) is 19.7 Å². The van der Waals surface area contributed by atoms with Gasteiger partial charge < -0.3 is 19.5 Å². The number of rotatable bonds is 8. The lowest BCUT2D eigenvalue weighted by atomic mass is 9.94. The van der Waals surface area contributed by atoms with Crippen LogP contribution in [0.15, 0.2) is 72.3 Å². The number of hydrogen-bond donors (Lipinski definition) is 1. The number of halogens is 1. The Kier molecular flexibility index (Phi) is 7.50. The molecule has 0 saturated carbocycles. The first-order valence-electron chi connectivity index (χ1n) is 11.6. The predicted octanol–water partition coefficient (Wildman–Crippen LogP) is 5.09. The lowest BCUT2D eigenvalue weighted by Crippen LogP contribution is -2.32. The quantitative estimate of drug-likeness (QED) is 0.271. The van der Waals surface area contributed by atoms with Gasteiger partial charge >= 0.3 is 0 Å². The number of likely N-dealkylation sites (tertiary alicyclic amines) is 1. The van der Waals surface area contributed by atoms with E-state index in [1.807, 2.05) is 31.2 Å². The second-order valence-electron chi connectivity index (χ2n) is 8.79. The van der Waals surface area contributed by atoms with E-state index in [4.69, 9.17) is 9.47 Å². The summed E-state index contributed by atoms with van der Waals surface area (Å²) in [6.07, 6.45) is 0. The SMILES string of the molecule is COCCN1C(=O)C(=O)/C(=C(\O)c2ccc(F)c(C)c2)C1c1ccc(OCc2ccc(C)cc2)cc1. The van der Waals surface area contributed by atoms with Gasteiger partial charge in [0.05, 0.1) is 18.2 Å². The van der Waals surface area contributed by atoms with E-state index in [0.717, 1.165) is 5.56 Å². The number of carbonyl (C=O) groups is 2. The van der Waals surface area contributed by atoms with Crippen LogP contribution in [0.1, 0.15) is 33.9 Å². The van der Waals surface area contributed by atoms with Gasteiger partial charge in [-0.05, 0) is 60.9 Å². The molecular weight excluding hydrogens is 461 g/mol. The molecule has 0 aliphatic carbocycles. The largest absolute Gasteiger partial charge is 0.507 e. The zero-order valence-electron chi connectivity index (χ0n) is 20.5. The number of benzene rings is 3. The van der Waals surface area contributed by atoms with E-state index in [9.17, 15) is 19.1 Å². The Bertz CT molecular complexity index is 1300. The maximum absolute atomic E-state index is 13.8. The summed E-state index contributed by atoms with van der Waals surface area (Å²) in [5.74, 6) is -1.67. The third kappa shape index (κ3) is 5.16. The molecule has 0 spiro atoms. The van der Waals surface area contributed by atoms with E-state index in [2.05, 4.69) is 0 Å². The van der Waals surface area contributed by atoms with Crippen molar-refractivity contribution in [1.29, 1.82) is 0 Å². The summed E-state index contributed by atoms with van der Waals surface area (Å²) in [6, 6.07) is 18.4. The van der Waals surface area contributed by atoms with Gasteiger partial charge in [-0.25, -0.2) is 4.39 Å². The molecule has 1 heterocycles. The molecule has 6 nitrogen and oxygen atoms in total. The molecule has 0 aromatic heterocycles. The number of amides is 1. The maximum atomic E-state index is 13.8. The number of aliphatic hydroxyl groups excluding tert-OH is 1. The molecular formula is C29H28FNO5. The molecule has 1 saturated heterocycles. The van der Waals surface area contributed by atoms with Gasteiger partial charge in [-0.1, -0.05) is 42.0 Å². The highest BCUT2D eigenvalue weighted by molar-refractivity contribution is 6.46. The third-order valence-electron chi connectivity index (χ3n) is 6.23. The molecule has 1 unspecified atom stereocenters. The monoisotopic (exact) mass is 489 g/mol. The summed E-state index contributed by atoms with van der Waals surface area (Å²) in [6.45, 7) is 4.37. The minimum Gasteiger partial charge on any atom is -0.507 e. The zero-order chi connectivity index (χ0) is 25.8. The van der Waals surface area contributed by atoms with Crippen molar-refractivity contribution in [2.45, 2.75) is 26.5 Å². The Morgan fingerprint density at radius 2 is 1.69 bits per heavy atom. The van der Waals surface area contributed by atoms with E-state index in [-0.39, 0.29) is 30.0 Å². The van der Waals surface area contributed by atoms with Crippen LogP contribution >= 0.6 is 0 Å². The molecule has 1 aliphatic heterocycles. The van der Waals surface area contributed by atoms with Gasteiger partial charge in [0.2, 0.25) is 0 Å². The Hall–Kier alpha value is -3.97. The molecule has 0 bridgehead atoms. The minimum atomic E-state index is -0.823. The van der Waals surface area contributed by atoms with Gasteiger partial charge in [0.15, 0.2) is 0 Å². The Balaban J connectivity index is 1.67. The molecule has 1 aliphatic rings. The van der Waals surface area contributed by atoms with Crippen LogP contribution in [0.2, 0.25) is 0 Å². The van der Waals surface area contributed by atoms with Crippen LogP contribution in [0.3, 0.4) is 0 Å². The van der Waals surface area contributed by atoms with Crippen molar-refractivity contribution in [2.24, 2.45) is 0 Å². The Morgan fingerprint density at radius 3 is 2.33 bits per heavy atom. The van der Waals surface area contributed by atoms with Crippen LogP contribution in [0.25, 0.3) is 5.76 Å². The van der Waals surface area contributed by atoms with Gasteiger partial charge in [0, 0.05) is 19.2 Å². The van der Waals surface area contributed by atoms with Gasteiger partial charge in [-0.2, -0.15) is 0 Å². The first kappa shape index (κ1) is 25.1. The highest BCUT2D eigenvalue weighted by atomic mass is 19.1. The summed E-state index contributed by atoms with van der Waals surface area (Å²) in [5, 5.41) is 11.1. The highest BCUT2D eigenvalue weighted by Gasteiger charge is 2.45. The van der Waals surface area contributed by atoms with E-state index >= 15 is 0 Å². The van der Waals surface area contributed by atoms with E-state index in [1.54, 1.807) is 31.2 Å². The fraction of sp³-hybridized carbons (Fsp3) is 0.241. The van der Waals surface area contributed by atoms with Crippen molar-refractivity contribution < 1.29 is 28.6 Å². The number of ether oxygens (including phenoxy) is 2. The second kappa shape index (κ2) is 10.7. The highest BCUT2D eigenvalue weighted by Crippen LogP contribution is 2.39. The van der Waals surface area contributed by atoms with Gasteiger partial charge in [0.25, 0.3) is 11.7 Å². The van der Waals surface area contributed by atoms with Crippen molar-refractivity contribution in [3.63, 3.8) is 0 Å². The molecule has 3 aromatic rings. The summed E-state index contributed by atoms with van der Waals surface area (Å²) < 4.78 is 24.8. The zero-order valence-corrected chi connectivity index (χ0v) is 20.5. The molecule has 1 atom stereocenters. The van der Waals surface area contributed by atoms with E-state index in [1.165, 1.54) is 35.8 Å². The van der Waals surface area contributed by atoms with E-state index in [0.29, 0.717) is 23.5 Å². The standard InChI is InChI=1S/C29H28FNO5/c1-18-4-6-20(7-5-18)17-36-23-11-8-21(9-12-23)26-25(28(33)29(34)31(26)14-15-35-3)27(32)22-10-13-24(30)19(2)16-22/h4-13,16,26,32H,14-15,17H2,1-3H3/b27-25-. The predicted molar refractivity (Wildman–Crippen MR) is 134 cm³/mol. The summed E-state index contributed by atoms with van der Waals surface area (Å²) in [5.41, 5.74) is 3.38. The average molecular weight is 490 g/mol. The normalized spacial score (nSPS) is 17.0. The molecule has 186 valence electrons. The fourth-order valence-corrected chi connectivity index (χ4v) is 4.19. The summed E-state index contributed by atoms with van der Waals surface area (Å²) in [7, 11) is 1.51. The molecule has 7 heteroatoms. The minimum absolute atomic E-state index is 0.0459. The Morgan fingerprint density at radius 1 is 1.00 bits per heavy atom. The maximum Gasteiger partial charge on any atom is 0.295 e. The molecule has 0 radical (unpaired) electrons. The van der Waals surface area contributed by atoms with Crippen LogP contribution in [0.4, 0.5) is 4.39 Å². The lowest BCUT2D eigenvalue weighted by molar-refractivity contribution is -0.140. The van der Waals surface area contributed by atoms with Crippen molar-refractivity contribution >= 4 is 17.4 Å². The van der Waals surface area contributed by atoms with Crippen LogP contribution in [-0.4, -0.2) is 42.0 Å². The first-order valence-corrected chi connectivity index (χ1v) is 11.6. The van der Waals surface area contributed by atoms with Crippen LogP contribution < -0.4 is 4.74 Å². The number of aliphatic hydroxyl groups is 1. The summed E-state index contributed by atoms with van der Waals surface area (Å²) >= 11 is 0. The number of nitrogens with zero attached hydrogens (tertiary/aromatic N) is 1. The number of hydrogen-bond acceptors (Lipinski definition) is 5. The number of methoxy groups -OCH3 is 1. The second-order valence-corrected chi connectivity index (χ2v) is 8.79. The van der Waals surface area contributed by atoms with E-state index < -0.39 is 23.5 Å². The topological polar surface area (TPSA) is 76.1 Å². The lowest BCUT2D eigenvalue weighted by Gasteiger charge is -2.25. The molecule has 1 N–H and O–H groups in total. The fourth-order valence-electron chi connectivity index (χ4n) is 4.19.